The number of benzene rings is 1. The fourth-order valence-corrected chi connectivity index (χ4v) is 3.14. The van der Waals surface area contributed by atoms with Gasteiger partial charge in [-0.1, -0.05) is 6.07 Å². The largest absolute Gasteiger partial charge is 0.496 e. The van der Waals surface area contributed by atoms with E-state index in [0.29, 0.717) is 24.6 Å². The molecule has 1 aliphatic rings. The third-order valence-electron chi connectivity index (χ3n) is 4.42. The number of carboxylic acid groups (broad SMARTS) is 1. The minimum atomic E-state index is -0.773. The first kappa shape index (κ1) is 16.6. The van der Waals surface area contributed by atoms with E-state index in [1.54, 1.807) is 14.2 Å². The lowest BCUT2D eigenvalue weighted by Gasteiger charge is -2.31. The quantitative estimate of drug-likeness (QED) is 0.926. The van der Waals surface area contributed by atoms with Crippen LogP contribution in [0.15, 0.2) is 18.2 Å². The SMILES string of the molecule is COc1cccc(OC)c1[C@H]1CN(C(C)(C)C)C[C@@H]1C(=O)O. The molecule has 0 spiro atoms. The zero-order chi connectivity index (χ0) is 16.5. The van der Waals surface area contributed by atoms with Gasteiger partial charge in [0.15, 0.2) is 0 Å². The van der Waals surface area contributed by atoms with Gasteiger partial charge in [-0.25, -0.2) is 0 Å². The van der Waals surface area contributed by atoms with Gasteiger partial charge in [0, 0.05) is 30.1 Å². The van der Waals surface area contributed by atoms with Gasteiger partial charge in [0.25, 0.3) is 0 Å². The average Bonchev–Trinajstić information content (AvgIpc) is 2.91. The maximum Gasteiger partial charge on any atom is 0.308 e. The molecule has 1 aromatic carbocycles. The summed E-state index contributed by atoms with van der Waals surface area (Å²) in [4.78, 5) is 14.0. The second kappa shape index (κ2) is 6.16. The van der Waals surface area contributed by atoms with Gasteiger partial charge in [0.05, 0.1) is 20.1 Å². The van der Waals surface area contributed by atoms with Gasteiger partial charge < -0.3 is 14.6 Å². The van der Waals surface area contributed by atoms with Gasteiger partial charge in [0.2, 0.25) is 0 Å². The fourth-order valence-electron chi connectivity index (χ4n) is 3.14. The predicted octanol–water partition coefficient (Wildman–Crippen LogP) is 2.60. The lowest BCUT2D eigenvalue weighted by atomic mass is 9.87. The number of aliphatic carboxylic acids is 1. The molecule has 0 bridgehead atoms. The van der Waals surface area contributed by atoms with Gasteiger partial charge in [-0.15, -0.1) is 0 Å². The number of carboxylic acids is 1. The average molecular weight is 307 g/mol. The molecule has 1 aromatic rings. The minimum absolute atomic E-state index is 0.0717. The smallest absolute Gasteiger partial charge is 0.308 e. The number of likely N-dealkylation sites (tertiary alicyclic amines) is 1. The summed E-state index contributed by atoms with van der Waals surface area (Å²) in [7, 11) is 3.20. The van der Waals surface area contributed by atoms with Crippen molar-refractivity contribution in [2.75, 3.05) is 27.3 Å². The number of nitrogens with zero attached hydrogens (tertiary/aromatic N) is 1. The van der Waals surface area contributed by atoms with Gasteiger partial charge >= 0.3 is 5.97 Å². The highest BCUT2D eigenvalue weighted by molar-refractivity contribution is 5.73. The van der Waals surface area contributed by atoms with Crippen LogP contribution in [0.25, 0.3) is 0 Å². The van der Waals surface area contributed by atoms with Crippen molar-refractivity contribution in [3.63, 3.8) is 0 Å². The molecule has 5 heteroatoms. The summed E-state index contributed by atoms with van der Waals surface area (Å²) in [6, 6.07) is 5.57. The Morgan fingerprint density at radius 1 is 1.18 bits per heavy atom. The van der Waals surface area contributed by atoms with Gasteiger partial charge in [-0.2, -0.15) is 0 Å². The van der Waals surface area contributed by atoms with Crippen molar-refractivity contribution < 1.29 is 19.4 Å². The topological polar surface area (TPSA) is 59.0 Å². The van der Waals surface area contributed by atoms with Gasteiger partial charge in [-0.3, -0.25) is 9.69 Å². The molecule has 2 rings (SSSR count). The second-order valence-electron chi connectivity index (χ2n) is 6.70. The monoisotopic (exact) mass is 307 g/mol. The highest BCUT2D eigenvalue weighted by atomic mass is 16.5. The van der Waals surface area contributed by atoms with Crippen molar-refractivity contribution in [2.45, 2.75) is 32.2 Å². The Bertz CT molecular complexity index is 528. The van der Waals surface area contributed by atoms with Crippen LogP contribution in [0.2, 0.25) is 0 Å². The Kier molecular flexibility index (Phi) is 4.66. The minimum Gasteiger partial charge on any atom is -0.496 e. The fraction of sp³-hybridized carbons (Fsp3) is 0.588. The maximum atomic E-state index is 11.7. The third-order valence-corrected chi connectivity index (χ3v) is 4.42. The molecule has 0 saturated carbocycles. The molecule has 5 nitrogen and oxygen atoms in total. The highest BCUT2D eigenvalue weighted by Crippen LogP contribution is 2.44. The number of rotatable bonds is 4. The van der Waals surface area contributed by atoms with Crippen LogP contribution in [0.4, 0.5) is 0 Å². The first-order valence-corrected chi connectivity index (χ1v) is 7.48. The van der Waals surface area contributed by atoms with Crippen molar-refractivity contribution in [3.8, 4) is 11.5 Å². The van der Waals surface area contributed by atoms with Crippen molar-refractivity contribution >= 4 is 5.97 Å². The van der Waals surface area contributed by atoms with E-state index in [0.717, 1.165) is 5.56 Å². The predicted molar refractivity (Wildman–Crippen MR) is 84.7 cm³/mol. The van der Waals surface area contributed by atoms with E-state index in [9.17, 15) is 9.90 Å². The second-order valence-corrected chi connectivity index (χ2v) is 6.70. The molecule has 1 heterocycles. The molecule has 0 amide bonds. The molecule has 2 atom stereocenters. The summed E-state index contributed by atoms with van der Waals surface area (Å²) < 4.78 is 10.9. The van der Waals surface area contributed by atoms with Crippen molar-refractivity contribution in [1.29, 1.82) is 0 Å². The van der Waals surface area contributed by atoms with Crippen molar-refractivity contribution in [1.82, 2.24) is 4.90 Å². The lowest BCUT2D eigenvalue weighted by Crippen LogP contribution is -2.40. The Balaban J connectivity index is 2.47. The zero-order valence-corrected chi connectivity index (χ0v) is 13.9. The summed E-state index contributed by atoms with van der Waals surface area (Å²) in [6.07, 6.45) is 0. The number of ether oxygens (including phenoxy) is 2. The van der Waals surface area contributed by atoms with E-state index in [2.05, 4.69) is 25.7 Å². The Morgan fingerprint density at radius 3 is 2.14 bits per heavy atom. The first-order chi connectivity index (χ1) is 10.3. The molecule has 1 aliphatic heterocycles. The van der Waals surface area contributed by atoms with Crippen LogP contribution < -0.4 is 9.47 Å². The standard InChI is InChI=1S/C17H25NO4/c1-17(2,3)18-9-11(12(10-18)16(19)20)15-13(21-4)7-6-8-14(15)22-5/h6-8,11-12H,9-10H2,1-5H3,(H,19,20)/t11-,12-/m0/s1. The van der Waals surface area contributed by atoms with Crippen LogP contribution in [-0.4, -0.2) is 48.8 Å². The summed E-state index contributed by atoms with van der Waals surface area (Å²) in [6.45, 7) is 7.52. The molecule has 22 heavy (non-hydrogen) atoms. The number of methoxy groups -OCH3 is 2. The van der Waals surface area contributed by atoms with Gasteiger partial charge in [0.1, 0.15) is 11.5 Å². The zero-order valence-electron chi connectivity index (χ0n) is 13.9. The van der Waals surface area contributed by atoms with Crippen molar-refractivity contribution in [3.05, 3.63) is 23.8 Å². The van der Waals surface area contributed by atoms with E-state index >= 15 is 0 Å². The number of carbonyl (C=O) groups is 1. The molecule has 1 fully saturated rings. The molecular formula is C17H25NO4. The molecule has 0 radical (unpaired) electrons. The Labute approximate surface area is 131 Å². The summed E-state index contributed by atoms with van der Waals surface area (Å²) in [5.41, 5.74) is 0.782. The third kappa shape index (κ3) is 3.04. The number of hydrogen-bond donors (Lipinski definition) is 1. The van der Waals surface area contributed by atoms with Crippen LogP contribution in [0.5, 0.6) is 11.5 Å². The molecular weight excluding hydrogens is 282 g/mol. The van der Waals surface area contributed by atoms with Crippen LogP contribution in [0.1, 0.15) is 32.3 Å². The van der Waals surface area contributed by atoms with E-state index < -0.39 is 11.9 Å². The van der Waals surface area contributed by atoms with Crippen LogP contribution in [0.3, 0.4) is 0 Å². The highest BCUT2D eigenvalue weighted by Gasteiger charge is 2.44. The molecule has 0 aromatic heterocycles. The van der Waals surface area contributed by atoms with Crippen LogP contribution >= 0.6 is 0 Å². The molecule has 1 N–H and O–H groups in total. The van der Waals surface area contributed by atoms with Crippen LogP contribution in [-0.2, 0) is 4.79 Å². The molecule has 122 valence electrons. The van der Waals surface area contributed by atoms with E-state index in [4.69, 9.17) is 9.47 Å². The van der Waals surface area contributed by atoms with Crippen molar-refractivity contribution in [2.24, 2.45) is 5.92 Å². The molecule has 0 aliphatic carbocycles. The van der Waals surface area contributed by atoms with Gasteiger partial charge in [-0.05, 0) is 32.9 Å². The first-order valence-electron chi connectivity index (χ1n) is 7.48. The van der Waals surface area contributed by atoms with E-state index in [1.807, 2.05) is 18.2 Å². The van der Waals surface area contributed by atoms with E-state index in [-0.39, 0.29) is 11.5 Å². The summed E-state index contributed by atoms with van der Waals surface area (Å²) in [5.74, 6) is -0.0188. The van der Waals surface area contributed by atoms with Crippen LogP contribution in [0, 0.1) is 5.92 Å². The normalized spacial score (nSPS) is 22.6. The summed E-state index contributed by atoms with van der Waals surface area (Å²) >= 11 is 0. The number of hydrogen-bond acceptors (Lipinski definition) is 4. The lowest BCUT2D eigenvalue weighted by molar-refractivity contribution is -0.141. The summed E-state index contributed by atoms with van der Waals surface area (Å²) in [5, 5.41) is 9.65. The Morgan fingerprint density at radius 2 is 1.73 bits per heavy atom. The Hall–Kier alpha value is -1.75. The van der Waals surface area contributed by atoms with E-state index in [1.165, 1.54) is 0 Å². The molecule has 0 unspecified atom stereocenters. The molecule has 1 saturated heterocycles. The maximum absolute atomic E-state index is 11.7.